The molecule has 2 nitrogen and oxygen atoms in total. The van der Waals surface area contributed by atoms with E-state index in [1.165, 1.54) is 17.5 Å². The second kappa shape index (κ2) is 4.32. The lowest BCUT2D eigenvalue weighted by atomic mass is 10.8. The van der Waals surface area contributed by atoms with Crippen molar-refractivity contribution in [1.82, 2.24) is 4.98 Å². The van der Waals surface area contributed by atoms with E-state index >= 15 is 0 Å². The van der Waals surface area contributed by atoms with Crippen LogP contribution in [0.4, 0.5) is 0 Å². The summed E-state index contributed by atoms with van der Waals surface area (Å²) >= 11 is 1.29. The Morgan fingerprint density at radius 2 is 2.11 bits per heavy atom. The van der Waals surface area contributed by atoms with Crippen LogP contribution in [0.3, 0.4) is 0 Å². The zero-order valence-corrected chi connectivity index (χ0v) is 6.70. The van der Waals surface area contributed by atoms with Crippen molar-refractivity contribution in [2.24, 2.45) is 0 Å². The number of nitrogens with zero attached hydrogens (tertiary/aromatic N) is 1. The first-order chi connectivity index (χ1) is 4.29. The molecule has 9 heavy (non-hydrogen) atoms. The molecule has 0 saturated heterocycles. The smallest absolute Gasteiger partial charge is 0.191 e. The minimum atomic E-state index is 0.289. The average Bonchev–Trinajstić information content (AvgIpc) is 2.20. The van der Waals surface area contributed by atoms with Crippen LogP contribution in [0.2, 0.25) is 0 Å². The maximum atomic E-state index is 8.61. The summed E-state index contributed by atoms with van der Waals surface area (Å²) in [5.74, 6) is 0. The predicted octanol–water partition coefficient (Wildman–Crippen LogP) is 2.18. The monoisotopic (exact) mass is 145 g/mol. The van der Waals surface area contributed by atoms with Gasteiger partial charge in [-0.25, -0.2) is 4.98 Å². The average molecular weight is 145 g/mol. The third-order valence-electron chi connectivity index (χ3n) is 0.609. The van der Waals surface area contributed by atoms with Gasteiger partial charge in [-0.15, -0.1) is 0 Å². The molecule has 0 radical (unpaired) electrons. The summed E-state index contributed by atoms with van der Waals surface area (Å²) in [6.07, 6.45) is 1.44. The summed E-state index contributed by atoms with van der Waals surface area (Å²) in [6.45, 7) is 5.85. The van der Waals surface area contributed by atoms with Gasteiger partial charge in [0.1, 0.15) is 0 Å². The van der Waals surface area contributed by atoms with Crippen molar-refractivity contribution >= 4 is 11.3 Å². The molecule has 0 unspecified atom stereocenters. The first-order valence-corrected chi connectivity index (χ1v) is 3.72. The molecule has 0 fully saturated rings. The van der Waals surface area contributed by atoms with Crippen molar-refractivity contribution in [3.05, 3.63) is 11.2 Å². The SMILES string of the molecule is CC.Cc1ncc(O)s1. The Balaban J connectivity index is 0.000000291. The third kappa shape index (κ3) is 3.08. The molecule has 0 saturated carbocycles. The fourth-order valence-electron chi connectivity index (χ4n) is 0.350. The van der Waals surface area contributed by atoms with E-state index in [0.29, 0.717) is 0 Å². The van der Waals surface area contributed by atoms with E-state index < -0.39 is 0 Å². The van der Waals surface area contributed by atoms with Gasteiger partial charge in [-0.05, 0) is 6.92 Å². The number of hydrogen-bond donors (Lipinski definition) is 1. The summed E-state index contributed by atoms with van der Waals surface area (Å²) in [5, 5.41) is 9.80. The number of aromatic nitrogens is 1. The first-order valence-electron chi connectivity index (χ1n) is 2.90. The topological polar surface area (TPSA) is 33.1 Å². The molecule has 0 aliphatic heterocycles. The largest absolute Gasteiger partial charge is 0.498 e. The second-order valence-electron chi connectivity index (χ2n) is 1.22. The molecule has 1 aromatic rings. The van der Waals surface area contributed by atoms with E-state index in [1.54, 1.807) is 0 Å². The van der Waals surface area contributed by atoms with Crippen LogP contribution < -0.4 is 0 Å². The quantitative estimate of drug-likeness (QED) is 0.607. The van der Waals surface area contributed by atoms with E-state index in [4.69, 9.17) is 5.11 Å². The third-order valence-corrected chi connectivity index (χ3v) is 1.32. The van der Waals surface area contributed by atoms with Crippen molar-refractivity contribution in [3.63, 3.8) is 0 Å². The Bertz CT molecular complexity index is 145. The van der Waals surface area contributed by atoms with Crippen LogP contribution in [0.5, 0.6) is 5.06 Å². The van der Waals surface area contributed by atoms with Gasteiger partial charge in [-0.2, -0.15) is 0 Å². The molecule has 1 N–H and O–H groups in total. The van der Waals surface area contributed by atoms with Crippen molar-refractivity contribution in [2.75, 3.05) is 0 Å². The van der Waals surface area contributed by atoms with Crippen molar-refractivity contribution in [2.45, 2.75) is 20.8 Å². The Hall–Kier alpha value is -0.570. The standard InChI is InChI=1S/C4H5NOS.C2H6/c1-3-5-2-4(6)7-3;1-2/h2,6H,1H3;1-2H3. The molecule has 0 aromatic carbocycles. The number of aromatic hydroxyl groups is 1. The maximum absolute atomic E-state index is 8.61. The van der Waals surface area contributed by atoms with Crippen LogP contribution in [-0.4, -0.2) is 10.1 Å². The summed E-state index contributed by atoms with van der Waals surface area (Å²) in [6, 6.07) is 0. The van der Waals surface area contributed by atoms with E-state index in [9.17, 15) is 0 Å². The molecule has 0 amide bonds. The van der Waals surface area contributed by atoms with Crippen LogP contribution in [-0.2, 0) is 0 Å². The zero-order chi connectivity index (χ0) is 7.28. The number of hydrogen-bond acceptors (Lipinski definition) is 3. The second-order valence-corrected chi connectivity index (χ2v) is 2.43. The normalized spacial score (nSPS) is 7.89. The van der Waals surface area contributed by atoms with Crippen molar-refractivity contribution < 1.29 is 5.11 Å². The minimum Gasteiger partial charge on any atom is -0.498 e. The van der Waals surface area contributed by atoms with Gasteiger partial charge < -0.3 is 5.11 Å². The molecule has 0 atom stereocenters. The van der Waals surface area contributed by atoms with Gasteiger partial charge in [0.25, 0.3) is 0 Å². The van der Waals surface area contributed by atoms with Crippen LogP contribution in [0.1, 0.15) is 18.9 Å². The van der Waals surface area contributed by atoms with Crippen LogP contribution >= 0.6 is 11.3 Å². The molecule has 0 aliphatic carbocycles. The van der Waals surface area contributed by atoms with Crippen molar-refractivity contribution in [1.29, 1.82) is 0 Å². The van der Waals surface area contributed by atoms with Crippen LogP contribution in [0, 0.1) is 6.92 Å². The number of aryl methyl sites for hydroxylation is 1. The summed E-state index contributed by atoms with van der Waals surface area (Å²) in [4.78, 5) is 3.78. The molecule has 0 spiro atoms. The van der Waals surface area contributed by atoms with Gasteiger partial charge in [-0.1, -0.05) is 25.2 Å². The Kier molecular flexibility index (Phi) is 4.05. The molecular formula is C6H11NOS. The lowest BCUT2D eigenvalue weighted by Crippen LogP contribution is -1.56. The molecule has 0 aliphatic rings. The number of thiazole rings is 1. The van der Waals surface area contributed by atoms with Crippen LogP contribution in [0.15, 0.2) is 6.20 Å². The van der Waals surface area contributed by atoms with Gasteiger partial charge >= 0.3 is 0 Å². The highest BCUT2D eigenvalue weighted by Gasteiger charge is 1.88. The zero-order valence-electron chi connectivity index (χ0n) is 5.88. The lowest BCUT2D eigenvalue weighted by Gasteiger charge is -1.69. The summed E-state index contributed by atoms with van der Waals surface area (Å²) < 4.78 is 0. The van der Waals surface area contributed by atoms with E-state index in [2.05, 4.69) is 4.98 Å². The fourth-order valence-corrected chi connectivity index (χ4v) is 0.864. The van der Waals surface area contributed by atoms with Gasteiger partial charge in [-0.3, -0.25) is 0 Å². The molecule has 1 heterocycles. The number of rotatable bonds is 0. The van der Waals surface area contributed by atoms with Gasteiger partial charge in [0.15, 0.2) is 5.06 Å². The van der Waals surface area contributed by atoms with Gasteiger partial charge in [0.05, 0.1) is 11.2 Å². The first kappa shape index (κ1) is 8.43. The lowest BCUT2D eigenvalue weighted by molar-refractivity contribution is 0.489. The Morgan fingerprint density at radius 1 is 1.56 bits per heavy atom. The fraction of sp³-hybridized carbons (Fsp3) is 0.500. The highest BCUT2D eigenvalue weighted by molar-refractivity contribution is 7.13. The minimum absolute atomic E-state index is 0.289. The molecule has 3 heteroatoms. The van der Waals surface area contributed by atoms with Gasteiger partial charge in [0, 0.05) is 0 Å². The van der Waals surface area contributed by atoms with Crippen LogP contribution in [0.25, 0.3) is 0 Å². The van der Waals surface area contributed by atoms with E-state index in [-0.39, 0.29) is 5.06 Å². The summed E-state index contributed by atoms with van der Waals surface area (Å²) in [7, 11) is 0. The van der Waals surface area contributed by atoms with Crippen molar-refractivity contribution in [3.8, 4) is 5.06 Å². The predicted molar refractivity (Wildman–Crippen MR) is 39.9 cm³/mol. The molecular weight excluding hydrogens is 134 g/mol. The molecule has 1 aromatic heterocycles. The van der Waals surface area contributed by atoms with Gasteiger partial charge in [0.2, 0.25) is 0 Å². The highest BCUT2D eigenvalue weighted by atomic mass is 32.1. The molecule has 1 rings (SSSR count). The summed E-state index contributed by atoms with van der Waals surface area (Å²) in [5.41, 5.74) is 0. The highest BCUT2D eigenvalue weighted by Crippen LogP contribution is 2.16. The van der Waals surface area contributed by atoms with E-state index in [0.717, 1.165) is 5.01 Å². The van der Waals surface area contributed by atoms with E-state index in [1.807, 2.05) is 20.8 Å². The Morgan fingerprint density at radius 3 is 2.22 bits per heavy atom. The molecule has 52 valence electrons. The molecule has 0 bridgehead atoms. The Labute approximate surface area is 59.2 Å². The maximum Gasteiger partial charge on any atom is 0.191 e.